The van der Waals surface area contributed by atoms with E-state index in [9.17, 15) is 53.1 Å². The number of carbonyl (C=O) groups is 10. The van der Waals surface area contributed by atoms with Gasteiger partial charge in [-0.25, -0.2) is 4.79 Å². The Morgan fingerprint density at radius 3 is 1.38 bits per heavy atom. The minimum absolute atomic E-state index is 0.0445. The highest BCUT2D eigenvalue weighted by atomic mass is 16.5. The molecule has 0 aliphatic rings. The average molecular weight is 1170 g/mol. The third kappa shape index (κ3) is 54.6. The van der Waals surface area contributed by atoms with Gasteiger partial charge in [0.2, 0.25) is 29.5 Å². The monoisotopic (exact) mass is 1170 g/mol. The predicted octanol–water partition coefficient (Wildman–Crippen LogP) is 8.65. The summed E-state index contributed by atoms with van der Waals surface area (Å²) in [5.41, 5.74) is 0. The van der Waals surface area contributed by atoms with Crippen LogP contribution in [0.15, 0.2) is 0 Å². The first-order valence-corrected chi connectivity index (χ1v) is 31.3. The van der Waals surface area contributed by atoms with E-state index in [4.69, 9.17) is 18.9 Å². The van der Waals surface area contributed by atoms with Crippen molar-refractivity contribution in [2.45, 2.75) is 241 Å². The van der Waals surface area contributed by atoms with Crippen molar-refractivity contribution in [3.63, 3.8) is 0 Å². The van der Waals surface area contributed by atoms with Crippen molar-refractivity contribution in [1.82, 2.24) is 26.6 Å². The smallest absolute Gasteiger partial charge is 0.326 e. The fourth-order valence-electron chi connectivity index (χ4n) is 8.44. The predicted molar refractivity (Wildman–Crippen MR) is 319 cm³/mol. The average Bonchev–Trinajstić information content (AvgIpc) is 3.44. The third-order valence-electron chi connectivity index (χ3n) is 14.3. The summed E-state index contributed by atoms with van der Waals surface area (Å²) in [7, 11) is 0. The molecule has 0 aliphatic carbocycles. The fraction of sp³-hybridized carbons (Fsp3) is 0.839. The normalized spacial score (nSPS) is 12.4. The summed E-state index contributed by atoms with van der Waals surface area (Å²) in [6.07, 6.45) is 26.4. The van der Waals surface area contributed by atoms with Gasteiger partial charge in [0.1, 0.15) is 42.4 Å². The first kappa shape index (κ1) is 79.4. The number of carbonyl (C=O) groups excluding carboxylic acids is 9. The van der Waals surface area contributed by atoms with Crippen molar-refractivity contribution < 1.29 is 72.0 Å². The van der Waals surface area contributed by atoms with Gasteiger partial charge in [0.25, 0.3) is 0 Å². The van der Waals surface area contributed by atoms with Crippen LogP contribution in [0.1, 0.15) is 235 Å². The number of hydrogen-bond donors (Lipinski definition) is 6. The number of ketones is 4. The van der Waals surface area contributed by atoms with Crippen LogP contribution in [0.4, 0.5) is 0 Å². The molecule has 6 N–H and O–H groups in total. The molecule has 0 spiro atoms. The molecule has 0 aromatic heterocycles. The van der Waals surface area contributed by atoms with Gasteiger partial charge in [-0.05, 0) is 78.6 Å². The Balaban J connectivity index is 0. The molecule has 0 heterocycles. The molecule has 0 radical (unpaired) electrons. The Kier molecular flexibility index (Phi) is 55.0. The number of unbranched alkanes of at least 4 members (excludes halogenated alkanes) is 16. The minimum Gasteiger partial charge on any atom is -0.480 e. The zero-order valence-corrected chi connectivity index (χ0v) is 52.0. The molecule has 476 valence electrons. The van der Waals surface area contributed by atoms with Crippen LogP contribution in [0.3, 0.4) is 0 Å². The van der Waals surface area contributed by atoms with E-state index in [1.54, 1.807) is 20.8 Å². The minimum atomic E-state index is -1.13. The standard InChI is InChI=1S/C45H83N3O11.C17H30N2O4/c1-4-6-7-8-9-10-11-12-13-14-15-16-17-18-19-25-42(51)48-41(45(54)55)27-26-40(50)24-22-30-56-32-34-58-37-44(53)47-29-31-57-33-35-59-36-43(52)46-28-21-20-23-39(5-2)38(3)49;1-12(14(3)20)7-5-6-10-18-17(23)11-19-16(22)9-8-13(2)15(4)21/h39,41H,4-37H2,1-3H3,(H,46,52)(H,47,53)(H,48,51)(H,54,55);12-13H,5-11H2,1-4H3,(H,18,23)(H,19,22)/t;12?,13-/m.0/s1. The molecule has 82 heavy (non-hydrogen) atoms. The van der Waals surface area contributed by atoms with Gasteiger partial charge in [0.15, 0.2) is 0 Å². The van der Waals surface area contributed by atoms with Gasteiger partial charge in [-0.2, -0.15) is 0 Å². The molecular weight excluding hydrogens is 1050 g/mol. The van der Waals surface area contributed by atoms with E-state index in [0.29, 0.717) is 45.5 Å². The highest BCUT2D eigenvalue weighted by Crippen LogP contribution is 2.15. The summed E-state index contributed by atoms with van der Waals surface area (Å²) < 4.78 is 21.5. The molecule has 20 heteroatoms. The maximum absolute atomic E-state index is 12.3. The molecule has 20 nitrogen and oxygen atoms in total. The van der Waals surface area contributed by atoms with Crippen LogP contribution >= 0.6 is 0 Å². The molecule has 0 bridgehead atoms. The first-order valence-electron chi connectivity index (χ1n) is 31.3. The van der Waals surface area contributed by atoms with Crippen molar-refractivity contribution in [3.8, 4) is 0 Å². The van der Waals surface area contributed by atoms with Gasteiger partial charge in [-0.1, -0.05) is 130 Å². The van der Waals surface area contributed by atoms with Crippen LogP contribution in [0.25, 0.3) is 0 Å². The number of hydrogen-bond acceptors (Lipinski definition) is 14. The number of ether oxygens (including phenoxy) is 4. The van der Waals surface area contributed by atoms with E-state index in [0.717, 1.165) is 64.2 Å². The molecular formula is C62H113N5O15. The van der Waals surface area contributed by atoms with E-state index >= 15 is 0 Å². The molecule has 4 atom stereocenters. The summed E-state index contributed by atoms with van der Waals surface area (Å²) in [6.45, 7) is 15.5. The molecule has 0 fully saturated rings. The molecule has 0 saturated heterocycles. The molecule has 5 amide bonds. The van der Waals surface area contributed by atoms with Gasteiger partial charge in [-0.3, -0.25) is 43.2 Å². The Morgan fingerprint density at radius 1 is 0.390 bits per heavy atom. The highest BCUT2D eigenvalue weighted by molar-refractivity contribution is 5.86. The number of carboxylic acid groups (broad SMARTS) is 1. The van der Waals surface area contributed by atoms with E-state index in [-0.39, 0.29) is 149 Å². The lowest BCUT2D eigenvalue weighted by atomic mass is 9.95. The molecule has 0 aromatic rings. The van der Waals surface area contributed by atoms with Crippen LogP contribution in [0.2, 0.25) is 0 Å². The second kappa shape index (κ2) is 56.8. The van der Waals surface area contributed by atoms with E-state index in [2.05, 4.69) is 33.5 Å². The summed E-state index contributed by atoms with van der Waals surface area (Å²) in [5.74, 6) is -1.92. The number of aliphatic carboxylic acids is 1. The Bertz CT molecular complexity index is 1730. The Morgan fingerprint density at radius 2 is 0.866 bits per heavy atom. The lowest BCUT2D eigenvalue weighted by molar-refractivity contribution is -0.142. The second-order valence-electron chi connectivity index (χ2n) is 21.8. The SMILES string of the molecule is CC(=O)C(C)CCCCNC(=O)CNC(=O)CC[C@H](C)C(C)=O.CCCCCCCCCCCCCCCCCC(=O)NC(CCC(=O)CCCOCCOCC(=O)NCCOCCOCC(=O)NCCCCC(CC)C(C)=O)C(=O)O. The number of amides is 5. The first-order chi connectivity index (χ1) is 39.3. The van der Waals surface area contributed by atoms with Gasteiger partial charge in [-0.15, -0.1) is 0 Å². The highest BCUT2D eigenvalue weighted by Gasteiger charge is 2.21. The topological polar surface area (TPSA) is 288 Å². The maximum Gasteiger partial charge on any atom is 0.326 e. The molecule has 0 aliphatic heterocycles. The fourth-order valence-corrected chi connectivity index (χ4v) is 8.44. The van der Waals surface area contributed by atoms with Crippen LogP contribution in [0.5, 0.6) is 0 Å². The quantitative estimate of drug-likeness (QED) is 0.0311. The summed E-state index contributed by atoms with van der Waals surface area (Å²) in [5, 5.41) is 22.9. The number of rotatable bonds is 57. The lowest BCUT2D eigenvalue weighted by Gasteiger charge is -2.14. The zero-order chi connectivity index (χ0) is 61.4. The number of carboxylic acids is 1. The summed E-state index contributed by atoms with van der Waals surface area (Å²) >= 11 is 0. The van der Waals surface area contributed by atoms with Gasteiger partial charge in [0, 0.05) is 69.7 Å². The van der Waals surface area contributed by atoms with Gasteiger partial charge in [0.05, 0.1) is 39.6 Å². The summed E-state index contributed by atoms with van der Waals surface area (Å²) in [6, 6.07) is -1.08. The largest absolute Gasteiger partial charge is 0.480 e. The van der Waals surface area contributed by atoms with Crippen molar-refractivity contribution in [3.05, 3.63) is 0 Å². The molecule has 0 aromatic carbocycles. The van der Waals surface area contributed by atoms with Crippen LogP contribution in [-0.2, 0) is 66.9 Å². The van der Waals surface area contributed by atoms with E-state index in [1.807, 2.05) is 13.8 Å². The van der Waals surface area contributed by atoms with Crippen molar-refractivity contribution in [2.24, 2.45) is 17.8 Å². The third-order valence-corrected chi connectivity index (χ3v) is 14.3. The van der Waals surface area contributed by atoms with Crippen LogP contribution in [-0.4, -0.2) is 149 Å². The Hall–Kier alpha value is -4.66. The number of nitrogens with one attached hydrogen (secondary N) is 5. The molecule has 0 rings (SSSR count). The summed E-state index contributed by atoms with van der Waals surface area (Å²) in [4.78, 5) is 117. The van der Waals surface area contributed by atoms with Crippen LogP contribution in [0, 0.1) is 17.8 Å². The zero-order valence-electron chi connectivity index (χ0n) is 52.0. The Labute approximate surface area is 493 Å². The van der Waals surface area contributed by atoms with E-state index in [1.165, 1.54) is 84.0 Å². The van der Waals surface area contributed by atoms with Crippen molar-refractivity contribution in [2.75, 3.05) is 79.0 Å². The molecule has 3 unspecified atom stereocenters. The van der Waals surface area contributed by atoms with Crippen molar-refractivity contribution in [1.29, 1.82) is 0 Å². The maximum atomic E-state index is 12.3. The second-order valence-corrected chi connectivity index (χ2v) is 21.8. The van der Waals surface area contributed by atoms with Crippen molar-refractivity contribution >= 4 is 58.6 Å². The lowest BCUT2D eigenvalue weighted by Crippen LogP contribution is -2.41. The molecule has 0 saturated carbocycles. The van der Waals surface area contributed by atoms with Gasteiger partial charge < -0.3 is 50.6 Å². The van der Waals surface area contributed by atoms with Gasteiger partial charge >= 0.3 is 5.97 Å². The van der Waals surface area contributed by atoms with Crippen LogP contribution < -0.4 is 26.6 Å². The van der Waals surface area contributed by atoms with E-state index < -0.39 is 12.0 Å². The number of Topliss-reactive ketones (excluding diaryl/α,β-unsaturated/α-hetero) is 4.